The van der Waals surface area contributed by atoms with E-state index in [0.29, 0.717) is 56.1 Å². The van der Waals surface area contributed by atoms with Gasteiger partial charge in [0, 0.05) is 60.5 Å². The maximum Gasteiger partial charge on any atom is 0.416 e. The molecule has 0 radical (unpaired) electrons. The Morgan fingerprint density at radius 2 is 1.42 bits per heavy atom. The average Bonchev–Trinajstić information content (AvgIpc) is 3.50. The Balaban J connectivity index is 1.58. The summed E-state index contributed by atoms with van der Waals surface area (Å²) in [4.78, 5) is 17.7. The van der Waals surface area contributed by atoms with Gasteiger partial charge in [-0.25, -0.2) is 13.8 Å². The SMILES string of the molecule is COc1ccc(-c2nc(-c3cc(C)cc(C(F)(F)F)c3)n(Cc3ccc(C(=O)CCCOCCOCCN)cc3)c2-c2ccc(OC)cc2F)c(F)c1. The molecule has 4 aromatic carbocycles. The summed E-state index contributed by atoms with van der Waals surface area (Å²) in [6.07, 6.45) is -3.91. The largest absolute Gasteiger partial charge is 0.497 e. The van der Waals surface area contributed by atoms with E-state index in [1.807, 2.05) is 0 Å². The van der Waals surface area contributed by atoms with Gasteiger partial charge in [0.05, 0.1) is 45.3 Å². The van der Waals surface area contributed by atoms with Crippen molar-refractivity contribution < 1.29 is 45.7 Å². The monoisotopic (exact) mass is 737 g/mol. The van der Waals surface area contributed by atoms with Crippen LogP contribution >= 0.6 is 0 Å². The lowest BCUT2D eigenvalue weighted by Gasteiger charge is -2.16. The van der Waals surface area contributed by atoms with Crippen LogP contribution in [0, 0.1) is 18.6 Å². The van der Waals surface area contributed by atoms with E-state index in [-0.39, 0.29) is 64.2 Å². The summed E-state index contributed by atoms with van der Waals surface area (Å²) in [6.45, 7) is 3.59. The molecule has 2 N–H and O–H groups in total. The number of halogens is 5. The fourth-order valence-corrected chi connectivity index (χ4v) is 5.86. The molecule has 8 nitrogen and oxygen atoms in total. The number of nitrogens with zero attached hydrogens (tertiary/aromatic N) is 2. The van der Waals surface area contributed by atoms with Crippen molar-refractivity contribution in [1.82, 2.24) is 9.55 Å². The van der Waals surface area contributed by atoms with Crippen molar-refractivity contribution in [2.75, 3.05) is 47.2 Å². The topological polar surface area (TPSA) is 97.8 Å². The van der Waals surface area contributed by atoms with Gasteiger partial charge in [0.1, 0.15) is 34.7 Å². The van der Waals surface area contributed by atoms with Crippen molar-refractivity contribution in [2.45, 2.75) is 32.5 Å². The number of methoxy groups -OCH3 is 2. The molecule has 0 saturated carbocycles. The number of ketones is 1. The van der Waals surface area contributed by atoms with E-state index in [2.05, 4.69) is 0 Å². The minimum Gasteiger partial charge on any atom is -0.497 e. The molecule has 0 aliphatic carbocycles. The van der Waals surface area contributed by atoms with E-state index in [1.165, 1.54) is 51.5 Å². The van der Waals surface area contributed by atoms with Crippen LogP contribution in [0.4, 0.5) is 22.0 Å². The number of aromatic nitrogens is 2. The molecule has 0 bridgehead atoms. The van der Waals surface area contributed by atoms with Gasteiger partial charge >= 0.3 is 6.18 Å². The molecule has 5 aromatic rings. The minimum absolute atomic E-state index is 0.000700. The average molecular weight is 738 g/mol. The van der Waals surface area contributed by atoms with Crippen molar-refractivity contribution in [2.24, 2.45) is 5.73 Å². The molecule has 0 aliphatic heterocycles. The number of benzene rings is 4. The number of ether oxygens (including phenoxy) is 4. The highest BCUT2D eigenvalue weighted by Crippen LogP contribution is 2.41. The molecule has 0 unspecified atom stereocenters. The Bertz CT molecular complexity index is 2030. The molecular weight excluding hydrogens is 697 g/mol. The number of carbonyl (C=O) groups excluding carboxylic acids is 1. The molecule has 0 spiro atoms. The standard InChI is InChI=1S/C40H40F5N3O5/c1-25-19-28(21-29(20-25)40(43,44)45)39-47-37(32-12-10-30(50-2)22-34(32)41)38(33-13-11-31(51-3)23-35(33)42)48(39)24-26-6-8-27(9-7-26)36(49)5-4-15-52-17-18-53-16-14-46/h6-13,19-23H,4-5,14-18,24,46H2,1-3H3. The van der Waals surface area contributed by atoms with Gasteiger partial charge in [-0.05, 0) is 66.9 Å². The van der Waals surface area contributed by atoms with E-state index in [1.54, 1.807) is 28.8 Å². The van der Waals surface area contributed by atoms with Crippen LogP contribution in [-0.2, 0) is 22.2 Å². The van der Waals surface area contributed by atoms with Crippen LogP contribution in [0.5, 0.6) is 11.5 Å². The van der Waals surface area contributed by atoms with E-state index < -0.39 is 23.4 Å². The number of carbonyl (C=O) groups is 1. The molecule has 0 amide bonds. The molecule has 1 heterocycles. The fraction of sp³-hybridized carbons (Fsp3) is 0.300. The fourth-order valence-electron chi connectivity index (χ4n) is 5.86. The lowest BCUT2D eigenvalue weighted by molar-refractivity contribution is -0.137. The second-order valence-corrected chi connectivity index (χ2v) is 12.2. The predicted octanol–water partition coefficient (Wildman–Crippen LogP) is 8.51. The third-order valence-corrected chi connectivity index (χ3v) is 8.44. The molecule has 0 atom stereocenters. The highest BCUT2D eigenvalue weighted by atomic mass is 19.4. The van der Waals surface area contributed by atoms with E-state index >= 15 is 8.78 Å². The second-order valence-electron chi connectivity index (χ2n) is 12.2. The van der Waals surface area contributed by atoms with Crippen LogP contribution in [0.3, 0.4) is 0 Å². The zero-order valence-electron chi connectivity index (χ0n) is 29.6. The number of imidazole rings is 1. The zero-order chi connectivity index (χ0) is 38.1. The summed E-state index contributed by atoms with van der Waals surface area (Å²) in [5.41, 5.74) is 6.09. The quantitative estimate of drug-likeness (QED) is 0.0581. The summed E-state index contributed by atoms with van der Waals surface area (Å²) in [5, 5.41) is 0. The Hall–Kier alpha value is -5.11. The molecular formula is C40H40F5N3O5. The van der Waals surface area contributed by atoms with Gasteiger partial charge in [0.2, 0.25) is 0 Å². The smallest absolute Gasteiger partial charge is 0.416 e. The van der Waals surface area contributed by atoms with Gasteiger partial charge in [-0.2, -0.15) is 13.2 Å². The summed E-state index contributed by atoms with van der Waals surface area (Å²) in [6, 6.07) is 18.5. The normalized spacial score (nSPS) is 11.6. The van der Waals surface area contributed by atoms with Crippen molar-refractivity contribution in [3.05, 3.63) is 113 Å². The molecule has 13 heteroatoms. The molecule has 5 rings (SSSR count). The Morgan fingerprint density at radius 3 is 2.00 bits per heavy atom. The predicted molar refractivity (Wildman–Crippen MR) is 191 cm³/mol. The van der Waals surface area contributed by atoms with E-state index in [0.717, 1.165) is 24.3 Å². The first-order chi connectivity index (χ1) is 25.4. The highest BCUT2D eigenvalue weighted by Gasteiger charge is 2.32. The van der Waals surface area contributed by atoms with Crippen molar-refractivity contribution in [1.29, 1.82) is 0 Å². The maximum absolute atomic E-state index is 16.0. The van der Waals surface area contributed by atoms with Crippen LogP contribution in [-0.4, -0.2) is 62.5 Å². The third-order valence-electron chi connectivity index (χ3n) is 8.44. The summed E-state index contributed by atoms with van der Waals surface area (Å²) in [7, 11) is 2.76. The Morgan fingerprint density at radius 1 is 0.792 bits per heavy atom. The first-order valence-corrected chi connectivity index (χ1v) is 16.9. The number of hydrogen-bond donors (Lipinski definition) is 1. The van der Waals surface area contributed by atoms with Gasteiger partial charge in [-0.15, -0.1) is 0 Å². The van der Waals surface area contributed by atoms with Crippen LogP contribution in [0.15, 0.2) is 78.9 Å². The first kappa shape index (κ1) is 39.1. The molecule has 0 aliphatic rings. The maximum atomic E-state index is 16.0. The molecule has 280 valence electrons. The molecule has 0 saturated heterocycles. The number of alkyl halides is 3. The number of aryl methyl sites for hydroxylation is 1. The summed E-state index contributed by atoms with van der Waals surface area (Å²) < 4.78 is 96.6. The van der Waals surface area contributed by atoms with Crippen molar-refractivity contribution in [3.8, 4) is 45.4 Å². The number of rotatable bonds is 17. The summed E-state index contributed by atoms with van der Waals surface area (Å²) in [5.74, 6) is -1.05. The Kier molecular flexibility index (Phi) is 13.0. The van der Waals surface area contributed by atoms with Crippen molar-refractivity contribution in [3.63, 3.8) is 0 Å². The lowest BCUT2D eigenvalue weighted by atomic mass is 10.0. The first-order valence-electron chi connectivity index (χ1n) is 16.9. The summed E-state index contributed by atoms with van der Waals surface area (Å²) >= 11 is 0. The van der Waals surface area contributed by atoms with Gasteiger partial charge in [-0.3, -0.25) is 4.79 Å². The molecule has 53 heavy (non-hydrogen) atoms. The number of Topliss-reactive ketones (excluding diaryl/α,β-unsaturated/α-hetero) is 1. The Labute approximate surface area is 304 Å². The van der Waals surface area contributed by atoms with Crippen LogP contribution in [0.25, 0.3) is 33.9 Å². The van der Waals surface area contributed by atoms with E-state index in [4.69, 9.17) is 29.7 Å². The van der Waals surface area contributed by atoms with Crippen LogP contribution in [0.1, 0.15) is 39.9 Å². The van der Waals surface area contributed by atoms with Gasteiger partial charge in [-0.1, -0.05) is 24.3 Å². The van der Waals surface area contributed by atoms with Crippen LogP contribution in [0.2, 0.25) is 0 Å². The van der Waals surface area contributed by atoms with Crippen molar-refractivity contribution >= 4 is 5.78 Å². The second kappa shape index (κ2) is 17.6. The molecule has 1 aromatic heterocycles. The van der Waals surface area contributed by atoms with E-state index in [9.17, 15) is 18.0 Å². The highest BCUT2D eigenvalue weighted by molar-refractivity contribution is 5.96. The number of hydrogen-bond acceptors (Lipinski definition) is 7. The van der Waals surface area contributed by atoms with Gasteiger partial charge in [0.25, 0.3) is 0 Å². The lowest BCUT2D eigenvalue weighted by Crippen LogP contribution is -2.12. The van der Waals surface area contributed by atoms with Gasteiger partial charge < -0.3 is 29.2 Å². The van der Waals surface area contributed by atoms with Gasteiger partial charge in [0.15, 0.2) is 5.78 Å². The van der Waals surface area contributed by atoms with Crippen LogP contribution < -0.4 is 15.2 Å². The molecule has 0 fully saturated rings. The third kappa shape index (κ3) is 9.66. The number of nitrogens with two attached hydrogens (primary N) is 1. The zero-order valence-corrected chi connectivity index (χ0v) is 29.6. The minimum atomic E-state index is -4.67.